The van der Waals surface area contributed by atoms with E-state index in [1.807, 2.05) is 115 Å². The number of nitrogens with one attached hydrogen (secondary N) is 3. The second kappa shape index (κ2) is 32.2. The number of aromatic nitrogens is 15. The molecule has 0 bridgehead atoms. The molecule has 0 aliphatic rings. The van der Waals surface area contributed by atoms with Crippen LogP contribution in [0.3, 0.4) is 0 Å². The van der Waals surface area contributed by atoms with Gasteiger partial charge in [0.25, 0.3) is 17.7 Å². The molecule has 0 aliphatic carbocycles. The second-order valence-corrected chi connectivity index (χ2v) is 24.4. The van der Waals surface area contributed by atoms with Gasteiger partial charge in [-0.25, -0.2) is 38.8 Å². The van der Waals surface area contributed by atoms with Crippen molar-refractivity contribution in [1.82, 2.24) is 90.1 Å². The molecule has 12 rings (SSSR count). The van der Waals surface area contributed by atoms with Gasteiger partial charge in [-0.05, 0) is 187 Å². The van der Waals surface area contributed by atoms with Crippen LogP contribution in [0.15, 0.2) is 114 Å². The van der Waals surface area contributed by atoms with Gasteiger partial charge in [0.05, 0.1) is 58.4 Å². The SMILES string of the molecule is COC(=O)c1nc(C(=O)NCc2c(C)cc(N)nc2C)nn1Cc1ccc2ncc(Cl)cc2c1.Cc1cc(N)nc(C)c1CNC(=O)c1nc(Br)n(Cc2ccc3ncc(Cl)cc3c2)n1.Cc1cc(N)nc(C)c1CNC(=O)c1nc(C)n(Cc2ccc3ncc(Cl)cc3c2)n1.O=C=O. The highest BCUT2D eigenvalue weighted by Crippen LogP contribution is 2.24. The number of carbonyl (C=O) groups is 4. The van der Waals surface area contributed by atoms with Crippen LogP contribution in [0.4, 0.5) is 17.5 Å². The van der Waals surface area contributed by atoms with Gasteiger partial charge < -0.3 is 37.9 Å². The Labute approximate surface area is 588 Å². The van der Waals surface area contributed by atoms with E-state index in [0.717, 1.165) is 99.9 Å². The number of hydrogen-bond donors (Lipinski definition) is 6. The number of rotatable bonds is 16. The minimum atomic E-state index is -0.702. The molecule has 3 amide bonds. The summed E-state index contributed by atoms with van der Waals surface area (Å²) in [4.78, 5) is 105. The number of anilines is 3. The van der Waals surface area contributed by atoms with Crippen molar-refractivity contribution in [1.29, 1.82) is 0 Å². The zero-order chi connectivity index (χ0) is 71.4. The fourth-order valence-corrected chi connectivity index (χ4v) is 11.3. The van der Waals surface area contributed by atoms with Gasteiger partial charge in [-0.15, -0.1) is 15.3 Å². The molecule has 0 saturated heterocycles. The molecule has 12 aromatic rings. The van der Waals surface area contributed by atoms with Gasteiger partial charge in [-0.2, -0.15) is 19.6 Å². The van der Waals surface area contributed by atoms with E-state index in [1.165, 1.54) is 11.8 Å². The largest absolute Gasteiger partial charge is 0.463 e. The van der Waals surface area contributed by atoms with Crippen LogP contribution in [0.25, 0.3) is 32.7 Å². The van der Waals surface area contributed by atoms with Gasteiger partial charge in [-0.1, -0.05) is 53.0 Å². The van der Waals surface area contributed by atoms with Crippen molar-refractivity contribution in [3.05, 3.63) is 226 Å². The summed E-state index contributed by atoms with van der Waals surface area (Å²) in [6, 6.07) is 28.2. The van der Waals surface area contributed by atoms with Crippen molar-refractivity contribution < 1.29 is 33.5 Å². The molecule has 0 spiro atoms. The lowest BCUT2D eigenvalue weighted by molar-refractivity contribution is -0.191. The Morgan fingerprint density at radius 3 is 1.18 bits per heavy atom. The highest BCUT2D eigenvalue weighted by Gasteiger charge is 2.24. The maximum atomic E-state index is 12.8. The summed E-state index contributed by atoms with van der Waals surface area (Å²) in [5, 5.41) is 25.9. The summed E-state index contributed by atoms with van der Waals surface area (Å²) < 4.78 is 9.94. The molecule has 9 heterocycles. The molecule has 9 aromatic heterocycles. The van der Waals surface area contributed by atoms with Gasteiger partial charge in [0, 0.05) is 71.5 Å². The molecule has 0 atom stereocenters. The Balaban J connectivity index is 0.000000170. The normalized spacial score (nSPS) is 10.8. The van der Waals surface area contributed by atoms with Crippen LogP contribution >= 0.6 is 50.7 Å². The lowest BCUT2D eigenvalue weighted by Gasteiger charge is -2.10. The van der Waals surface area contributed by atoms with E-state index >= 15 is 0 Å². The first-order valence-corrected chi connectivity index (χ1v) is 31.9. The number of hydrogen-bond acceptors (Lipinski definition) is 22. The Hall–Kier alpha value is -11.2. The zero-order valence-electron chi connectivity index (χ0n) is 54.4. The van der Waals surface area contributed by atoms with E-state index in [-0.39, 0.29) is 54.4 Å². The van der Waals surface area contributed by atoms with E-state index in [1.54, 1.807) is 52.2 Å². The summed E-state index contributed by atoms with van der Waals surface area (Å²) in [6.45, 7) is 15.1. The predicted octanol–water partition coefficient (Wildman–Crippen LogP) is 9.43. The number of esters is 1. The molecule has 0 unspecified atom stereocenters. The maximum absolute atomic E-state index is 12.8. The van der Waals surface area contributed by atoms with Crippen LogP contribution in [0, 0.1) is 48.5 Å². The van der Waals surface area contributed by atoms with Crippen LogP contribution in [0.5, 0.6) is 0 Å². The fraction of sp³-hybridized carbons (Fsp3) is 0.209. The van der Waals surface area contributed by atoms with E-state index in [2.05, 4.69) is 92.0 Å². The van der Waals surface area contributed by atoms with E-state index < -0.39 is 11.9 Å². The number of pyridine rings is 6. The Bertz CT molecular complexity index is 4850. The van der Waals surface area contributed by atoms with Crippen LogP contribution in [0.1, 0.15) is 115 Å². The number of amides is 3. The van der Waals surface area contributed by atoms with Gasteiger partial charge >= 0.3 is 12.1 Å². The second-order valence-electron chi connectivity index (χ2n) is 22.4. The molecule has 32 heteroatoms. The molecule has 3 aromatic carbocycles. The third-order valence-corrected chi connectivity index (χ3v) is 16.5. The minimum Gasteiger partial charge on any atom is -0.463 e. The molecule has 9 N–H and O–H groups in total. The average Bonchev–Trinajstić information content (AvgIpc) is 1.73. The number of nitrogens with zero attached hydrogens (tertiary/aromatic N) is 15. The predicted molar refractivity (Wildman–Crippen MR) is 374 cm³/mol. The van der Waals surface area contributed by atoms with Gasteiger partial charge in [0.1, 0.15) is 23.3 Å². The molecule has 0 fully saturated rings. The fourth-order valence-electron chi connectivity index (χ4n) is 10.5. The van der Waals surface area contributed by atoms with Crippen molar-refractivity contribution in [2.75, 3.05) is 24.3 Å². The quantitative estimate of drug-likeness (QED) is 0.0490. The Kier molecular flexibility index (Phi) is 23.4. The van der Waals surface area contributed by atoms with Crippen LogP contribution in [-0.4, -0.2) is 111 Å². The van der Waals surface area contributed by atoms with Gasteiger partial charge in [0.2, 0.25) is 23.3 Å². The summed E-state index contributed by atoms with van der Waals surface area (Å²) >= 11 is 21.5. The molecule has 0 saturated carbocycles. The van der Waals surface area contributed by atoms with Crippen LogP contribution in [-0.2, 0) is 53.6 Å². The van der Waals surface area contributed by atoms with Gasteiger partial charge in [0.15, 0.2) is 4.73 Å². The number of benzene rings is 3. The molecule has 99 heavy (non-hydrogen) atoms. The van der Waals surface area contributed by atoms with Crippen LogP contribution < -0.4 is 33.2 Å². The lowest BCUT2D eigenvalue weighted by atomic mass is 10.1. The molecule has 0 aliphatic heterocycles. The number of nitrogen functional groups attached to an aromatic ring is 3. The standard InChI is InChI=1S/C23H22ClN7O3.C22H22ClN7O.C21H19BrClN7O.CO2/c1-12-6-19(25)28-13(2)17(12)10-27-22(32)20-29-21(23(33)34-3)31(30-20)11-14-4-5-18-15(7-14)8-16(24)9-26-18;1-12-6-20(24)27-13(2)18(12)10-26-22(31)21-28-14(3)30(29-21)11-15-4-5-19-16(7-15)8-17(23)9-25-19;1-11-5-18(24)27-12(2)16(11)9-26-20(31)19-28-21(22)30(29-19)10-13-3-4-17-14(6-13)7-15(23)8-25-17;2-1-3/h4-9H,10-11H2,1-3H3,(H2,25,28)(H,27,32);4-9H,10-11H2,1-3H3,(H2,24,27)(H,26,31);3-8H,9-10H2,1-2H3,(H2,24,27)(H,26,31);. The highest BCUT2D eigenvalue weighted by atomic mass is 79.9. The smallest absolute Gasteiger partial charge is 0.375 e. The summed E-state index contributed by atoms with van der Waals surface area (Å²) in [6.07, 6.45) is 5.07. The molecule has 506 valence electrons. The van der Waals surface area contributed by atoms with Crippen molar-refractivity contribution in [2.24, 2.45) is 0 Å². The van der Waals surface area contributed by atoms with Crippen molar-refractivity contribution in [2.45, 2.75) is 87.7 Å². The summed E-state index contributed by atoms with van der Waals surface area (Å²) in [5.41, 5.74) is 30.4. The Morgan fingerprint density at radius 2 is 0.808 bits per heavy atom. The summed E-state index contributed by atoms with van der Waals surface area (Å²) in [5.74, 6) is 0.0165. The van der Waals surface area contributed by atoms with Gasteiger partial charge in [-0.3, -0.25) is 29.3 Å². The third kappa shape index (κ3) is 18.5. The van der Waals surface area contributed by atoms with Crippen LogP contribution in [0.2, 0.25) is 15.1 Å². The molecule has 0 radical (unpaired) electrons. The van der Waals surface area contributed by atoms with Crippen molar-refractivity contribution in [3.8, 4) is 0 Å². The van der Waals surface area contributed by atoms with E-state index in [4.69, 9.17) is 66.3 Å². The first-order chi connectivity index (χ1) is 47.3. The number of aryl methyl sites for hydroxylation is 7. The number of ether oxygens (including phenoxy) is 1. The topological polar surface area (TPSA) is 395 Å². The minimum absolute atomic E-state index is 0.0797. The molecular formula is C67H63BrCl3N21O7. The van der Waals surface area contributed by atoms with E-state index in [9.17, 15) is 19.2 Å². The number of carbonyl (C=O) groups excluding carboxylic acids is 6. The maximum Gasteiger partial charge on any atom is 0.375 e. The number of methoxy groups -OCH3 is 1. The lowest BCUT2D eigenvalue weighted by Crippen LogP contribution is -2.25. The average molecular weight is 1460 g/mol. The highest BCUT2D eigenvalue weighted by molar-refractivity contribution is 9.10. The number of nitrogens with two attached hydrogens (primary N) is 3. The van der Waals surface area contributed by atoms with Crippen molar-refractivity contribution >= 4 is 131 Å². The third-order valence-electron chi connectivity index (χ3n) is 15.3. The summed E-state index contributed by atoms with van der Waals surface area (Å²) in [7, 11) is 1.24. The first-order valence-electron chi connectivity index (χ1n) is 30.0. The first kappa shape index (κ1) is 72.0. The zero-order valence-corrected chi connectivity index (χ0v) is 58.3. The monoisotopic (exact) mass is 1460 g/mol. The van der Waals surface area contributed by atoms with E-state index in [0.29, 0.717) is 69.3 Å². The number of halogens is 4. The Morgan fingerprint density at radius 1 is 0.475 bits per heavy atom. The number of fused-ring (bicyclic) bond motifs is 3. The molecule has 28 nitrogen and oxygen atoms in total. The van der Waals surface area contributed by atoms with Crippen molar-refractivity contribution in [3.63, 3.8) is 0 Å². The molecular weight excluding hydrogens is 1400 g/mol.